The van der Waals surface area contributed by atoms with Gasteiger partial charge in [-0.2, -0.15) is 0 Å². The second-order valence-electron chi connectivity index (χ2n) is 5.59. The van der Waals surface area contributed by atoms with Crippen molar-refractivity contribution in [2.75, 3.05) is 26.7 Å². The van der Waals surface area contributed by atoms with Crippen LogP contribution in [0.1, 0.15) is 29.8 Å². The standard InChI is InChI=1S/C14H19BrN2O2/c1-16-7-2-3-10-9-17(8-6-11(10)16)14(18)12-4-5-13(15)19-12/h4-5,10-11H,2-3,6-9H2,1H3. The Balaban J connectivity index is 1.69. The molecule has 3 heterocycles. The van der Waals surface area contributed by atoms with Gasteiger partial charge in [-0.1, -0.05) is 0 Å². The number of likely N-dealkylation sites (tertiary alicyclic amines) is 2. The molecule has 2 unspecified atom stereocenters. The number of nitrogens with zero attached hydrogens (tertiary/aromatic N) is 2. The molecule has 0 N–H and O–H groups in total. The first-order valence-electron chi connectivity index (χ1n) is 6.90. The molecule has 1 aromatic rings. The Hall–Kier alpha value is -0.810. The van der Waals surface area contributed by atoms with Crippen LogP contribution in [0.4, 0.5) is 0 Å². The van der Waals surface area contributed by atoms with Gasteiger partial charge in [0.25, 0.3) is 5.91 Å². The molecular weight excluding hydrogens is 308 g/mol. The van der Waals surface area contributed by atoms with Gasteiger partial charge in [-0.05, 0) is 66.8 Å². The van der Waals surface area contributed by atoms with E-state index in [1.807, 2.05) is 4.90 Å². The van der Waals surface area contributed by atoms with Crippen LogP contribution in [0.5, 0.6) is 0 Å². The molecule has 0 aliphatic carbocycles. The Kier molecular flexibility index (Phi) is 3.67. The molecule has 0 spiro atoms. The fourth-order valence-corrected chi connectivity index (χ4v) is 3.73. The monoisotopic (exact) mass is 326 g/mol. The lowest BCUT2D eigenvalue weighted by atomic mass is 9.84. The Morgan fingerprint density at radius 3 is 2.95 bits per heavy atom. The predicted octanol–water partition coefficient (Wildman–Crippen LogP) is 2.60. The maximum atomic E-state index is 12.4. The third-order valence-corrected chi connectivity index (χ3v) is 4.84. The number of hydrogen-bond donors (Lipinski definition) is 0. The van der Waals surface area contributed by atoms with Gasteiger partial charge >= 0.3 is 0 Å². The van der Waals surface area contributed by atoms with E-state index < -0.39 is 0 Å². The van der Waals surface area contributed by atoms with Gasteiger partial charge in [0, 0.05) is 19.1 Å². The van der Waals surface area contributed by atoms with E-state index in [0.717, 1.165) is 19.5 Å². The molecule has 2 aliphatic heterocycles. The van der Waals surface area contributed by atoms with Crippen molar-refractivity contribution in [3.63, 3.8) is 0 Å². The first-order valence-corrected chi connectivity index (χ1v) is 7.69. The summed E-state index contributed by atoms with van der Waals surface area (Å²) in [5.74, 6) is 1.08. The highest BCUT2D eigenvalue weighted by Gasteiger charge is 2.36. The molecule has 2 atom stereocenters. The van der Waals surface area contributed by atoms with Crippen LogP contribution in [0.3, 0.4) is 0 Å². The van der Waals surface area contributed by atoms with E-state index >= 15 is 0 Å². The molecule has 0 bridgehead atoms. The minimum atomic E-state index is 0.0253. The summed E-state index contributed by atoms with van der Waals surface area (Å²) in [6.07, 6.45) is 3.56. The normalized spacial score (nSPS) is 28.2. The van der Waals surface area contributed by atoms with E-state index in [1.54, 1.807) is 12.1 Å². The van der Waals surface area contributed by atoms with Gasteiger partial charge in [-0.3, -0.25) is 4.79 Å². The first kappa shape index (κ1) is 13.2. The van der Waals surface area contributed by atoms with Gasteiger partial charge in [-0.25, -0.2) is 0 Å². The van der Waals surface area contributed by atoms with Gasteiger partial charge in [-0.15, -0.1) is 0 Å². The van der Waals surface area contributed by atoms with Crippen molar-refractivity contribution >= 4 is 21.8 Å². The summed E-state index contributed by atoms with van der Waals surface area (Å²) in [7, 11) is 2.21. The molecule has 2 fully saturated rings. The number of piperidine rings is 2. The summed E-state index contributed by atoms with van der Waals surface area (Å²) >= 11 is 3.24. The fourth-order valence-electron chi connectivity index (χ4n) is 3.42. The summed E-state index contributed by atoms with van der Waals surface area (Å²) in [5.41, 5.74) is 0. The minimum absolute atomic E-state index is 0.0253. The van der Waals surface area contributed by atoms with Crippen LogP contribution in [0.25, 0.3) is 0 Å². The maximum absolute atomic E-state index is 12.4. The average Bonchev–Trinajstić information content (AvgIpc) is 2.84. The molecule has 0 aromatic carbocycles. The Morgan fingerprint density at radius 1 is 1.37 bits per heavy atom. The highest BCUT2D eigenvalue weighted by atomic mass is 79.9. The number of carbonyl (C=O) groups excluding carboxylic acids is 1. The van der Waals surface area contributed by atoms with Crippen LogP contribution < -0.4 is 0 Å². The third-order valence-electron chi connectivity index (χ3n) is 4.42. The molecule has 0 saturated carbocycles. The summed E-state index contributed by atoms with van der Waals surface area (Å²) in [6.45, 7) is 2.90. The third kappa shape index (κ3) is 2.58. The Morgan fingerprint density at radius 2 is 2.21 bits per heavy atom. The van der Waals surface area contributed by atoms with Crippen LogP contribution in [0.15, 0.2) is 21.2 Å². The lowest BCUT2D eigenvalue weighted by Gasteiger charge is -2.45. The molecule has 4 nitrogen and oxygen atoms in total. The quantitative estimate of drug-likeness (QED) is 0.796. The molecule has 1 aromatic heterocycles. The molecule has 0 radical (unpaired) electrons. The van der Waals surface area contributed by atoms with E-state index in [0.29, 0.717) is 22.4 Å². The molecule has 104 valence electrons. The van der Waals surface area contributed by atoms with Crippen molar-refractivity contribution in [3.8, 4) is 0 Å². The minimum Gasteiger partial charge on any atom is -0.444 e. The van der Waals surface area contributed by atoms with Crippen molar-refractivity contribution in [3.05, 3.63) is 22.6 Å². The predicted molar refractivity (Wildman–Crippen MR) is 76.1 cm³/mol. The number of hydrogen-bond acceptors (Lipinski definition) is 3. The molecular formula is C14H19BrN2O2. The number of amides is 1. The lowest BCUT2D eigenvalue weighted by molar-refractivity contribution is 0.0297. The average molecular weight is 327 g/mol. The molecule has 2 saturated heterocycles. The topological polar surface area (TPSA) is 36.7 Å². The van der Waals surface area contributed by atoms with E-state index in [1.165, 1.54) is 19.4 Å². The lowest BCUT2D eigenvalue weighted by Crippen LogP contribution is -2.53. The summed E-state index contributed by atoms with van der Waals surface area (Å²) in [4.78, 5) is 16.8. The highest BCUT2D eigenvalue weighted by Crippen LogP contribution is 2.30. The Labute approximate surface area is 121 Å². The van der Waals surface area contributed by atoms with Crippen LogP contribution >= 0.6 is 15.9 Å². The second-order valence-corrected chi connectivity index (χ2v) is 6.38. The van der Waals surface area contributed by atoms with Crippen LogP contribution in [-0.2, 0) is 0 Å². The molecule has 5 heteroatoms. The van der Waals surface area contributed by atoms with Gasteiger partial charge < -0.3 is 14.2 Å². The van der Waals surface area contributed by atoms with Crippen LogP contribution in [0, 0.1) is 5.92 Å². The fraction of sp³-hybridized carbons (Fsp3) is 0.643. The van der Waals surface area contributed by atoms with Crippen LogP contribution in [0.2, 0.25) is 0 Å². The van der Waals surface area contributed by atoms with Crippen molar-refractivity contribution in [1.29, 1.82) is 0 Å². The van der Waals surface area contributed by atoms with E-state index in [9.17, 15) is 4.79 Å². The summed E-state index contributed by atoms with van der Waals surface area (Å²) in [6, 6.07) is 4.17. The molecule has 1 amide bonds. The van der Waals surface area contributed by atoms with Crippen molar-refractivity contribution < 1.29 is 9.21 Å². The second kappa shape index (κ2) is 5.29. The first-order chi connectivity index (χ1) is 9.15. The van der Waals surface area contributed by atoms with Gasteiger partial charge in [0.1, 0.15) is 0 Å². The largest absolute Gasteiger partial charge is 0.444 e. The van der Waals surface area contributed by atoms with Crippen LogP contribution in [-0.4, -0.2) is 48.4 Å². The smallest absolute Gasteiger partial charge is 0.289 e. The number of rotatable bonds is 1. The Bertz CT molecular complexity index is 474. The summed E-state index contributed by atoms with van der Waals surface area (Å²) in [5, 5.41) is 0. The maximum Gasteiger partial charge on any atom is 0.289 e. The zero-order chi connectivity index (χ0) is 13.4. The van der Waals surface area contributed by atoms with E-state index in [-0.39, 0.29) is 5.91 Å². The van der Waals surface area contributed by atoms with Crippen molar-refractivity contribution in [1.82, 2.24) is 9.80 Å². The SMILES string of the molecule is CN1CCCC2CN(C(=O)c3ccc(Br)o3)CCC21. The number of halogens is 1. The summed E-state index contributed by atoms with van der Waals surface area (Å²) < 4.78 is 5.98. The zero-order valence-electron chi connectivity index (χ0n) is 11.1. The zero-order valence-corrected chi connectivity index (χ0v) is 12.7. The number of fused-ring (bicyclic) bond motifs is 1. The molecule has 2 aliphatic rings. The molecule has 19 heavy (non-hydrogen) atoms. The van der Waals surface area contributed by atoms with Crippen molar-refractivity contribution in [2.24, 2.45) is 5.92 Å². The highest BCUT2D eigenvalue weighted by molar-refractivity contribution is 9.10. The number of carbonyl (C=O) groups is 1. The van der Waals surface area contributed by atoms with Gasteiger partial charge in [0.15, 0.2) is 10.4 Å². The molecule has 3 rings (SSSR count). The van der Waals surface area contributed by atoms with E-state index in [2.05, 4.69) is 27.9 Å². The number of furan rings is 1. The van der Waals surface area contributed by atoms with Gasteiger partial charge in [0.05, 0.1) is 0 Å². The van der Waals surface area contributed by atoms with Gasteiger partial charge in [0.2, 0.25) is 0 Å². The van der Waals surface area contributed by atoms with Crippen molar-refractivity contribution in [2.45, 2.75) is 25.3 Å². The van der Waals surface area contributed by atoms with E-state index in [4.69, 9.17) is 4.42 Å².